The van der Waals surface area contributed by atoms with Crippen LogP contribution in [0.5, 0.6) is 0 Å². The Hall–Kier alpha value is -1.47. The number of likely N-dealkylation sites (tertiary alicyclic amines) is 1. The lowest BCUT2D eigenvalue weighted by molar-refractivity contribution is -0.146. The molecule has 1 aromatic heterocycles. The van der Waals surface area contributed by atoms with Crippen molar-refractivity contribution in [3.05, 3.63) is 11.9 Å². The van der Waals surface area contributed by atoms with Crippen LogP contribution in [0.3, 0.4) is 0 Å². The zero-order chi connectivity index (χ0) is 14.2. The van der Waals surface area contributed by atoms with Gasteiger partial charge in [0.1, 0.15) is 0 Å². The Bertz CT molecular complexity index is 526. The standard InChI is InChI=1S/C14H20N4O3/c19-14(10-2-5-20-6-3-10)17-4-1-12-13(8-17)21-9-11-7-15-16-18(11)12/h7,10,12-13H,1-6,8-9H2/t12-,13-/m0/s1. The number of piperidine rings is 1. The number of aromatic nitrogens is 3. The van der Waals surface area contributed by atoms with E-state index in [-0.39, 0.29) is 24.0 Å². The molecule has 0 bridgehead atoms. The van der Waals surface area contributed by atoms with E-state index in [4.69, 9.17) is 9.47 Å². The molecule has 114 valence electrons. The maximum Gasteiger partial charge on any atom is 0.225 e. The minimum Gasteiger partial charge on any atom is -0.381 e. The van der Waals surface area contributed by atoms with Crippen LogP contribution >= 0.6 is 0 Å². The molecule has 0 radical (unpaired) electrons. The molecule has 0 spiro atoms. The molecule has 3 aliphatic heterocycles. The first-order valence-electron chi connectivity index (χ1n) is 7.70. The molecule has 2 saturated heterocycles. The zero-order valence-electron chi connectivity index (χ0n) is 12.0. The second-order valence-electron chi connectivity index (χ2n) is 6.05. The fourth-order valence-electron chi connectivity index (χ4n) is 3.59. The minimum atomic E-state index is 0.0386. The largest absolute Gasteiger partial charge is 0.381 e. The van der Waals surface area contributed by atoms with Gasteiger partial charge in [0.15, 0.2) is 0 Å². The maximum absolute atomic E-state index is 12.6. The molecule has 2 fully saturated rings. The molecule has 0 unspecified atom stereocenters. The van der Waals surface area contributed by atoms with Crippen molar-refractivity contribution in [2.75, 3.05) is 26.3 Å². The van der Waals surface area contributed by atoms with Crippen LogP contribution < -0.4 is 0 Å². The fourth-order valence-corrected chi connectivity index (χ4v) is 3.59. The van der Waals surface area contributed by atoms with Crippen LogP contribution in [-0.2, 0) is 20.9 Å². The quantitative estimate of drug-likeness (QED) is 0.748. The lowest BCUT2D eigenvalue weighted by Gasteiger charge is -2.42. The Kier molecular flexibility index (Phi) is 3.39. The molecule has 7 nitrogen and oxygen atoms in total. The molecule has 4 heterocycles. The molecule has 1 aromatic rings. The number of hydrogen-bond acceptors (Lipinski definition) is 5. The summed E-state index contributed by atoms with van der Waals surface area (Å²) in [7, 11) is 0. The summed E-state index contributed by atoms with van der Waals surface area (Å²) in [6, 6.07) is 0.218. The number of nitrogens with zero attached hydrogens (tertiary/aromatic N) is 4. The molecule has 1 amide bonds. The van der Waals surface area contributed by atoms with Crippen molar-refractivity contribution in [1.82, 2.24) is 19.9 Å². The summed E-state index contributed by atoms with van der Waals surface area (Å²) in [6.45, 7) is 3.39. The van der Waals surface area contributed by atoms with Crippen molar-refractivity contribution in [2.24, 2.45) is 5.92 Å². The monoisotopic (exact) mass is 292 g/mol. The van der Waals surface area contributed by atoms with Gasteiger partial charge in [-0.3, -0.25) is 4.79 Å². The summed E-state index contributed by atoms with van der Waals surface area (Å²) in [4.78, 5) is 14.6. The highest BCUT2D eigenvalue weighted by Gasteiger charge is 2.39. The normalized spacial score (nSPS) is 29.8. The molecule has 0 N–H and O–H groups in total. The number of hydrogen-bond donors (Lipinski definition) is 0. The van der Waals surface area contributed by atoms with Gasteiger partial charge < -0.3 is 14.4 Å². The number of ether oxygens (including phenoxy) is 2. The predicted octanol–water partition coefficient (Wildman–Crippen LogP) is 0.377. The summed E-state index contributed by atoms with van der Waals surface area (Å²) >= 11 is 0. The average molecular weight is 292 g/mol. The van der Waals surface area contributed by atoms with E-state index in [1.165, 1.54) is 0 Å². The van der Waals surface area contributed by atoms with E-state index in [1.807, 2.05) is 9.58 Å². The summed E-state index contributed by atoms with van der Waals surface area (Å²) in [5.74, 6) is 0.394. The van der Waals surface area contributed by atoms with Gasteiger partial charge >= 0.3 is 0 Å². The summed E-state index contributed by atoms with van der Waals surface area (Å²) in [5.41, 5.74) is 1.03. The first-order valence-corrected chi connectivity index (χ1v) is 7.70. The first-order chi connectivity index (χ1) is 10.3. The predicted molar refractivity (Wildman–Crippen MR) is 72.4 cm³/mol. The van der Waals surface area contributed by atoms with Crippen molar-refractivity contribution in [3.63, 3.8) is 0 Å². The summed E-state index contributed by atoms with van der Waals surface area (Å²) in [5, 5.41) is 8.13. The van der Waals surface area contributed by atoms with Gasteiger partial charge in [-0.1, -0.05) is 5.21 Å². The van der Waals surface area contributed by atoms with Gasteiger partial charge in [0.2, 0.25) is 5.91 Å². The second-order valence-corrected chi connectivity index (χ2v) is 6.05. The van der Waals surface area contributed by atoms with Gasteiger partial charge in [-0.2, -0.15) is 0 Å². The number of rotatable bonds is 1. The van der Waals surface area contributed by atoms with E-state index < -0.39 is 0 Å². The molecular formula is C14H20N4O3. The Labute approximate surface area is 123 Å². The first kappa shape index (κ1) is 13.2. The highest BCUT2D eigenvalue weighted by atomic mass is 16.5. The SMILES string of the molecule is O=C(C1CCOCC1)N1CC[C@H]2[C@H](C1)OCc1cnnn12. The van der Waals surface area contributed by atoms with Crippen molar-refractivity contribution < 1.29 is 14.3 Å². The third-order valence-electron chi connectivity index (χ3n) is 4.81. The Balaban J connectivity index is 1.44. The molecule has 0 saturated carbocycles. The minimum absolute atomic E-state index is 0.0386. The van der Waals surface area contributed by atoms with E-state index in [0.717, 1.165) is 31.5 Å². The summed E-state index contributed by atoms with van der Waals surface area (Å²) < 4.78 is 13.2. The molecule has 21 heavy (non-hydrogen) atoms. The van der Waals surface area contributed by atoms with Crippen molar-refractivity contribution in [3.8, 4) is 0 Å². The van der Waals surface area contributed by atoms with Crippen LogP contribution in [0.2, 0.25) is 0 Å². The highest BCUT2D eigenvalue weighted by Crippen LogP contribution is 2.31. The number of carbonyl (C=O) groups is 1. The molecule has 7 heteroatoms. The highest BCUT2D eigenvalue weighted by molar-refractivity contribution is 5.79. The van der Waals surface area contributed by atoms with Crippen LogP contribution in [0.25, 0.3) is 0 Å². The summed E-state index contributed by atoms with van der Waals surface area (Å²) in [6.07, 6.45) is 4.37. The number of fused-ring (bicyclic) bond motifs is 3. The van der Waals surface area contributed by atoms with Crippen molar-refractivity contribution in [2.45, 2.75) is 38.0 Å². The van der Waals surface area contributed by atoms with Gasteiger partial charge in [-0.15, -0.1) is 5.10 Å². The lowest BCUT2D eigenvalue weighted by Crippen LogP contribution is -2.52. The number of carbonyl (C=O) groups excluding carboxylic acids is 1. The van der Waals surface area contributed by atoms with Gasteiger partial charge in [0.25, 0.3) is 0 Å². The van der Waals surface area contributed by atoms with Gasteiger partial charge in [0.05, 0.1) is 30.6 Å². The molecule has 0 aliphatic carbocycles. The van der Waals surface area contributed by atoms with Crippen molar-refractivity contribution in [1.29, 1.82) is 0 Å². The fraction of sp³-hybridized carbons (Fsp3) is 0.786. The maximum atomic E-state index is 12.6. The Morgan fingerprint density at radius 3 is 3.00 bits per heavy atom. The Morgan fingerprint density at radius 2 is 2.14 bits per heavy atom. The third-order valence-corrected chi connectivity index (χ3v) is 4.81. The number of amides is 1. The third kappa shape index (κ3) is 2.34. The van der Waals surface area contributed by atoms with Crippen molar-refractivity contribution >= 4 is 5.91 Å². The van der Waals surface area contributed by atoms with Crippen LogP contribution in [-0.4, -0.2) is 58.2 Å². The van der Waals surface area contributed by atoms with E-state index >= 15 is 0 Å². The molecule has 2 atom stereocenters. The van der Waals surface area contributed by atoms with E-state index in [2.05, 4.69) is 10.3 Å². The van der Waals surface area contributed by atoms with E-state index in [0.29, 0.717) is 26.4 Å². The van der Waals surface area contributed by atoms with Crippen LogP contribution in [0, 0.1) is 5.92 Å². The van der Waals surface area contributed by atoms with E-state index in [1.54, 1.807) is 6.20 Å². The molecule has 0 aromatic carbocycles. The second kappa shape index (κ2) is 5.38. The van der Waals surface area contributed by atoms with Gasteiger partial charge in [-0.25, -0.2) is 4.68 Å². The van der Waals surface area contributed by atoms with Crippen LogP contribution in [0.1, 0.15) is 31.0 Å². The lowest BCUT2D eigenvalue weighted by atomic mass is 9.95. The molecule has 4 rings (SSSR count). The van der Waals surface area contributed by atoms with Crippen LogP contribution in [0.15, 0.2) is 6.20 Å². The van der Waals surface area contributed by atoms with E-state index in [9.17, 15) is 4.79 Å². The zero-order valence-corrected chi connectivity index (χ0v) is 12.0. The average Bonchev–Trinajstić information content (AvgIpc) is 3.03. The van der Waals surface area contributed by atoms with Crippen LogP contribution in [0.4, 0.5) is 0 Å². The smallest absolute Gasteiger partial charge is 0.225 e. The van der Waals surface area contributed by atoms with Gasteiger partial charge in [0, 0.05) is 32.2 Å². The van der Waals surface area contributed by atoms with Gasteiger partial charge in [-0.05, 0) is 19.3 Å². The molecular weight excluding hydrogens is 272 g/mol. The topological polar surface area (TPSA) is 69.5 Å². The Morgan fingerprint density at radius 1 is 1.29 bits per heavy atom. The molecule has 3 aliphatic rings.